The standard InChI is InChI=1S/C32H12BF24.C11H11N2O/c34-25(35,36)13-1-14(26(37,38)39)6-21(5-13)33(22-7-15(27(40,41)42)2-16(8-22)28(43,44)45,23-9-17(29(46,47)48)3-18(10-23)30(49,50)51)24-11-19(31(52,53)54)4-20(12-24)32(55,56)57;1-10-2-4-11(5-3-10)14-13-8-6-12-7-9-13/h1-12H;2-9H,1H3/q-1;+1. The summed E-state index contributed by atoms with van der Waals surface area (Å²) < 4.78 is 342. The fraction of sp³-hybridized carbons (Fsp3) is 0.209. The molecule has 0 aliphatic carbocycles. The van der Waals surface area contributed by atoms with E-state index in [-0.39, 0.29) is 0 Å². The summed E-state index contributed by atoms with van der Waals surface area (Å²) in [4.78, 5) is 9.41. The lowest BCUT2D eigenvalue weighted by molar-refractivity contribution is -0.875. The first-order chi connectivity index (χ1) is 32.1. The summed E-state index contributed by atoms with van der Waals surface area (Å²) in [5.74, 6) is 0.812. The summed E-state index contributed by atoms with van der Waals surface area (Å²) in [6.45, 7) is 2.04. The number of hydrogen-bond acceptors (Lipinski definition) is 2. The lowest BCUT2D eigenvalue weighted by Crippen LogP contribution is -2.75. The predicted molar refractivity (Wildman–Crippen MR) is 202 cm³/mol. The highest BCUT2D eigenvalue weighted by atomic mass is 19.4. The molecule has 5 aromatic carbocycles. The first-order valence-corrected chi connectivity index (χ1v) is 19.0. The van der Waals surface area contributed by atoms with Crippen LogP contribution in [-0.2, 0) is 49.4 Å². The molecule has 0 amide bonds. The summed E-state index contributed by atoms with van der Waals surface area (Å²) >= 11 is 0. The molecule has 0 unspecified atom stereocenters. The number of hydrogen-bond donors (Lipinski definition) is 0. The third-order valence-electron chi connectivity index (χ3n) is 10.3. The summed E-state index contributed by atoms with van der Waals surface area (Å²) in [7, 11) is 0. The highest BCUT2D eigenvalue weighted by molar-refractivity contribution is 7.20. The predicted octanol–water partition coefficient (Wildman–Crippen LogP) is 12.7. The van der Waals surface area contributed by atoms with Crippen molar-refractivity contribution in [2.75, 3.05) is 0 Å². The Morgan fingerprint density at radius 1 is 0.338 bits per heavy atom. The van der Waals surface area contributed by atoms with Crippen molar-refractivity contribution in [1.29, 1.82) is 0 Å². The van der Waals surface area contributed by atoms with Crippen LogP contribution in [0.2, 0.25) is 0 Å². The van der Waals surface area contributed by atoms with E-state index in [4.69, 9.17) is 4.84 Å². The van der Waals surface area contributed by atoms with Crippen LogP contribution in [0.5, 0.6) is 5.75 Å². The second kappa shape index (κ2) is 18.8. The third-order valence-corrected chi connectivity index (χ3v) is 10.3. The first kappa shape index (κ1) is 55.3. The molecule has 0 saturated heterocycles. The number of aryl methyl sites for hydroxylation is 1. The van der Waals surface area contributed by atoms with E-state index in [1.807, 2.05) is 31.2 Å². The average Bonchev–Trinajstić information content (AvgIpc) is 3.22. The Morgan fingerprint density at radius 2 is 0.549 bits per heavy atom. The number of nitrogens with zero attached hydrogens (tertiary/aromatic N) is 2. The van der Waals surface area contributed by atoms with E-state index in [0.29, 0.717) is 0 Å². The minimum atomic E-state index is -6.13. The van der Waals surface area contributed by atoms with Gasteiger partial charge in [-0.15, -0.1) is 0 Å². The van der Waals surface area contributed by atoms with Crippen LogP contribution in [0.3, 0.4) is 0 Å². The van der Waals surface area contributed by atoms with Crippen LogP contribution in [0.4, 0.5) is 105 Å². The van der Waals surface area contributed by atoms with Crippen LogP contribution >= 0.6 is 0 Å². The van der Waals surface area contributed by atoms with Gasteiger partial charge in [0, 0.05) is 4.73 Å². The lowest BCUT2D eigenvalue weighted by Gasteiger charge is -2.46. The Balaban J connectivity index is 0.000000569. The molecule has 0 aliphatic rings. The van der Waals surface area contributed by atoms with Crippen molar-refractivity contribution < 1.29 is 115 Å². The maximum atomic E-state index is 14.2. The quantitative estimate of drug-likeness (QED) is 0.0944. The molecule has 6 aromatic rings. The van der Waals surface area contributed by atoms with E-state index < -0.39 is 195 Å². The molecule has 0 N–H and O–H groups in total. The molecular formula is C43H23BF24N2O. The zero-order valence-electron chi connectivity index (χ0n) is 34.5. The zero-order chi connectivity index (χ0) is 53.7. The van der Waals surface area contributed by atoms with Gasteiger partial charge in [-0.25, -0.2) is 4.84 Å². The molecule has 0 spiro atoms. The van der Waals surface area contributed by atoms with Gasteiger partial charge in [0.1, 0.15) is 6.15 Å². The van der Waals surface area contributed by atoms with Gasteiger partial charge in [-0.3, -0.25) is 4.98 Å². The van der Waals surface area contributed by atoms with Gasteiger partial charge in [-0.1, -0.05) is 66.2 Å². The second-order valence-electron chi connectivity index (χ2n) is 15.2. The van der Waals surface area contributed by atoms with Gasteiger partial charge < -0.3 is 0 Å². The van der Waals surface area contributed by atoms with Crippen LogP contribution in [0.25, 0.3) is 0 Å². The van der Waals surface area contributed by atoms with Gasteiger partial charge in [0.25, 0.3) is 0 Å². The largest absolute Gasteiger partial charge is 0.416 e. The second-order valence-corrected chi connectivity index (χ2v) is 15.2. The van der Waals surface area contributed by atoms with E-state index >= 15 is 0 Å². The highest BCUT2D eigenvalue weighted by Crippen LogP contribution is 2.41. The average molecular weight is 1050 g/mol. The van der Waals surface area contributed by atoms with Crippen LogP contribution < -0.4 is 31.4 Å². The van der Waals surface area contributed by atoms with Crippen molar-refractivity contribution in [3.8, 4) is 5.75 Å². The normalized spacial score (nSPS) is 13.4. The Kier molecular flexibility index (Phi) is 14.7. The van der Waals surface area contributed by atoms with Crippen molar-refractivity contribution in [3.63, 3.8) is 0 Å². The Bertz CT molecular complexity index is 2400. The van der Waals surface area contributed by atoms with E-state index in [0.717, 1.165) is 5.75 Å². The van der Waals surface area contributed by atoms with Crippen LogP contribution in [0.15, 0.2) is 122 Å². The van der Waals surface area contributed by atoms with Crippen LogP contribution in [-0.4, -0.2) is 11.1 Å². The molecule has 0 fully saturated rings. The van der Waals surface area contributed by atoms with Gasteiger partial charge in [-0.05, 0) is 43.3 Å². The smallest absolute Gasteiger partial charge is 0.252 e. The van der Waals surface area contributed by atoms with Crippen molar-refractivity contribution in [3.05, 3.63) is 172 Å². The SMILES string of the molecule is Cc1ccc(O[n+]2ccncc2)cc1.FC(F)(F)c1cc([B-](c2cc(C(F)(F)F)cc(C(F)(F)F)c2)(c2cc(C(F)(F)F)cc(C(F)(F)F)c2)c2cc(C(F)(F)F)cc(C(F)(F)F)c2)cc(C(F)(F)F)c1. The van der Waals surface area contributed by atoms with Crippen LogP contribution in [0, 0.1) is 6.92 Å². The molecule has 71 heavy (non-hydrogen) atoms. The summed E-state index contributed by atoms with van der Waals surface area (Å²) in [5.41, 5.74) is -29.0. The number of aromatic nitrogens is 2. The molecular weight excluding hydrogens is 1030 g/mol. The maximum Gasteiger partial charge on any atom is 0.416 e. The Labute approximate surface area is 381 Å². The van der Waals surface area contributed by atoms with Crippen molar-refractivity contribution in [1.82, 2.24) is 4.98 Å². The van der Waals surface area contributed by atoms with E-state index in [9.17, 15) is 105 Å². The van der Waals surface area contributed by atoms with Crippen LogP contribution in [0.1, 0.15) is 50.1 Å². The first-order valence-electron chi connectivity index (χ1n) is 19.0. The van der Waals surface area contributed by atoms with Gasteiger partial charge >= 0.3 is 49.4 Å². The van der Waals surface area contributed by atoms with Crippen molar-refractivity contribution in [2.24, 2.45) is 0 Å². The number of benzene rings is 5. The molecule has 382 valence electrons. The van der Waals surface area contributed by atoms with Gasteiger partial charge in [0.15, 0.2) is 0 Å². The molecule has 0 radical (unpaired) electrons. The Morgan fingerprint density at radius 3 is 0.746 bits per heavy atom. The topological polar surface area (TPSA) is 26.0 Å². The molecule has 1 aromatic heterocycles. The monoisotopic (exact) mass is 1050 g/mol. The molecule has 6 rings (SSSR count). The molecule has 28 heteroatoms. The summed E-state index contributed by atoms with van der Waals surface area (Å²) in [5, 5.41) is 0. The number of rotatable bonds is 6. The van der Waals surface area contributed by atoms with Gasteiger partial charge in [0.05, 0.1) is 56.9 Å². The van der Waals surface area contributed by atoms with E-state index in [1.165, 1.54) is 5.56 Å². The molecule has 0 saturated carbocycles. The van der Waals surface area contributed by atoms with E-state index in [2.05, 4.69) is 4.98 Å². The molecule has 0 aliphatic heterocycles. The molecule has 1 heterocycles. The third kappa shape index (κ3) is 13.0. The van der Waals surface area contributed by atoms with Crippen molar-refractivity contribution >= 4 is 28.0 Å². The Hall–Kier alpha value is -6.64. The summed E-state index contributed by atoms with van der Waals surface area (Å²) in [6, 6.07) is -0.922. The minimum Gasteiger partial charge on any atom is -0.252 e. The van der Waals surface area contributed by atoms with Crippen molar-refractivity contribution in [2.45, 2.75) is 56.3 Å². The number of halogens is 24. The van der Waals surface area contributed by atoms with Gasteiger partial charge in [-0.2, -0.15) is 127 Å². The number of alkyl halides is 24. The highest BCUT2D eigenvalue weighted by Gasteiger charge is 2.47. The lowest BCUT2D eigenvalue weighted by atomic mass is 9.12. The summed E-state index contributed by atoms with van der Waals surface area (Å²) in [6.07, 6.45) is -48.0. The van der Waals surface area contributed by atoms with Gasteiger partial charge in [0.2, 0.25) is 18.1 Å². The molecule has 3 nitrogen and oxygen atoms in total. The molecule has 0 atom stereocenters. The van der Waals surface area contributed by atoms with E-state index in [1.54, 1.807) is 29.5 Å². The fourth-order valence-corrected chi connectivity index (χ4v) is 7.16. The fourth-order valence-electron chi connectivity index (χ4n) is 7.16. The maximum absolute atomic E-state index is 14.2. The minimum absolute atomic E-state index is 0.691. The molecule has 0 bridgehead atoms. The zero-order valence-corrected chi connectivity index (χ0v) is 34.5.